The minimum absolute atomic E-state index is 0.578. The summed E-state index contributed by atoms with van der Waals surface area (Å²) in [5, 5.41) is 9.47. The first-order valence-corrected chi connectivity index (χ1v) is 6.57. The van der Waals surface area contributed by atoms with Crippen molar-refractivity contribution in [2.45, 2.75) is 13.8 Å². The molecule has 2 aromatic rings. The summed E-state index contributed by atoms with van der Waals surface area (Å²) >= 11 is 6.27. The Morgan fingerprint density at radius 1 is 1.16 bits per heavy atom. The van der Waals surface area contributed by atoms with E-state index in [1.165, 1.54) is 5.56 Å². The van der Waals surface area contributed by atoms with Gasteiger partial charge in [-0.15, -0.1) is 0 Å². The molecule has 0 unspecified atom stereocenters. The van der Waals surface area contributed by atoms with Crippen LogP contribution in [0, 0.1) is 18.3 Å². The van der Waals surface area contributed by atoms with Crippen LogP contribution in [0.25, 0.3) is 0 Å². The summed E-state index contributed by atoms with van der Waals surface area (Å²) in [4.78, 5) is 2.13. The van der Waals surface area contributed by atoms with Crippen LogP contribution < -0.4 is 4.90 Å². The maximum Gasteiger partial charge on any atom is 0.0992 e. The van der Waals surface area contributed by atoms with Crippen LogP contribution in [0.1, 0.15) is 18.1 Å². The summed E-state index contributed by atoms with van der Waals surface area (Å²) in [5.74, 6) is 0. The molecule has 2 rings (SSSR count). The molecular formula is C16H15ClN2. The first-order valence-electron chi connectivity index (χ1n) is 6.19. The maximum absolute atomic E-state index is 8.87. The van der Waals surface area contributed by atoms with Gasteiger partial charge in [0.25, 0.3) is 0 Å². The van der Waals surface area contributed by atoms with Gasteiger partial charge >= 0.3 is 0 Å². The molecule has 0 aliphatic rings. The van der Waals surface area contributed by atoms with Crippen molar-refractivity contribution in [1.82, 2.24) is 0 Å². The number of hydrogen-bond acceptors (Lipinski definition) is 2. The van der Waals surface area contributed by atoms with Crippen LogP contribution >= 0.6 is 11.6 Å². The van der Waals surface area contributed by atoms with E-state index in [0.29, 0.717) is 10.6 Å². The summed E-state index contributed by atoms with van der Waals surface area (Å²) in [6.45, 7) is 4.96. The summed E-state index contributed by atoms with van der Waals surface area (Å²) in [6, 6.07) is 15.8. The van der Waals surface area contributed by atoms with E-state index in [-0.39, 0.29) is 0 Å². The van der Waals surface area contributed by atoms with Gasteiger partial charge in [0.15, 0.2) is 0 Å². The summed E-state index contributed by atoms with van der Waals surface area (Å²) < 4.78 is 0. The lowest BCUT2D eigenvalue weighted by Gasteiger charge is -2.24. The predicted octanol–water partition coefficient (Wildman–Crippen LogP) is 4.68. The lowest BCUT2D eigenvalue weighted by Crippen LogP contribution is -2.16. The van der Waals surface area contributed by atoms with Gasteiger partial charge in [0, 0.05) is 12.2 Å². The third-order valence-electron chi connectivity index (χ3n) is 3.03. The van der Waals surface area contributed by atoms with Crippen LogP contribution in [-0.4, -0.2) is 6.54 Å². The van der Waals surface area contributed by atoms with Gasteiger partial charge in [-0.25, -0.2) is 0 Å². The second-order valence-electron chi connectivity index (χ2n) is 4.36. The largest absolute Gasteiger partial charge is 0.341 e. The SMILES string of the molecule is CCN(c1ccc(C)cc1)c1ccc(C#N)cc1Cl. The molecule has 96 valence electrons. The highest BCUT2D eigenvalue weighted by atomic mass is 35.5. The van der Waals surface area contributed by atoms with Crippen LogP contribution in [-0.2, 0) is 0 Å². The molecule has 0 heterocycles. The van der Waals surface area contributed by atoms with E-state index in [2.05, 4.69) is 49.1 Å². The number of rotatable bonds is 3. The van der Waals surface area contributed by atoms with Crippen LogP contribution in [0.5, 0.6) is 0 Å². The lowest BCUT2D eigenvalue weighted by atomic mass is 10.1. The van der Waals surface area contributed by atoms with E-state index in [1.807, 2.05) is 6.07 Å². The second kappa shape index (κ2) is 5.77. The Balaban J connectivity index is 2.42. The molecule has 0 saturated heterocycles. The number of anilines is 2. The zero-order valence-corrected chi connectivity index (χ0v) is 11.8. The van der Waals surface area contributed by atoms with Crippen molar-refractivity contribution < 1.29 is 0 Å². The molecule has 0 amide bonds. The summed E-state index contributed by atoms with van der Waals surface area (Å²) in [7, 11) is 0. The van der Waals surface area contributed by atoms with Crippen LogP contribution in [0.15, 0.2) is 42.5 Å². The molecule has 2 nitrogen and oxygen atoms in total. The number of nitriles is 1. The maximum atomic E-state index is 8.87. The Kier molecular flexibility index (Phi) is 4.09. The van der Waals surface area contributed by atoms with Crippen molar-refractivity contribution in [1.29, 1.82) is 5.26 Å². The first kappa shape index (κ1) is 13.5. The molecule has 0 fully saturated rings. The van der Waals surface area contributed by atoms with E-state index in [4.69, 9.17) is 16.9 Å². The highest BCUT2D eigenvalue weighted by Crippen LogP contribution is 2.32. The molecule has 0 radical (unpaired) electrons. The van der Waals surface area contributed by atoms with Crippen molar-refractivity contribution in [3.05, 3.63) is 58.6 Å². The van der Waals surface area contributed by atoms with Crippen molar-refractivity contribution >= 4 is 23.0 Å². The molecule has 19 heavy (non-hydrogen) atoms. The molecule has 0 saturated carbocycles. The average molecular weight is 271 g/mol. The molecular weight excluding hydrogens is 256 g/mol. The zero-order valence-electron chi connectivity index (χ0n) is 11.0. The van der Waals surface area contributed by atoms with Crippen LogP contribution in [0.4, 0.5) is 11.4 Å². The number of benzene rings is 2. The molecule has 0 bridgehead atoms. The van der Waals surface area contributed by atoms with Gasteiger partial charge in [-0.2, -0.15) is 5.26 Å². The minimum Gasteiger partial charge on any atom is -0.341 e. The van der Waals surface area contributed by atoms with Gasteiger partial charge in [0.2, 0.25) is 0 Å². The number of nitrogens with zero attached hydrogens (tertiary/aromatic N) is 2. The van der Waals surface area contributed by atoms with Crippen molar-refractivity contribution in [2.24, 2.45) is 0 Å². The van der Waals surface area contributed by atoms with E-state index in [9.17, 15) is 0 Å². The van der Waals surface area contributed by atoms with Gasteiger partial charge in [0.05, 0.1) is 22.3 Å². The Bertz CT molecular complexity index is 612. The van der Waals surface area contributed by atoms with Gasteiger partial charge < -0.3 is 4.90 Å². The topological polar surface area (TPSA) is 27.0 Å². The average Bonchev–Trinajstić information content (AvgIpc) is 2.43. The van der Waals surface area contributed by atoms with E-state index >= 15 is 0 Å². The highest BCUT2D eigenvalue weighted by Gasteiger charge is 2.11. The Morgan fingerprint density at radius 2 is 1.84 bits per heavy atom. The highest BCUT2D eigenvalue weighted by molar-refractivity contribution is 6.33. The number of hydrogen-bond donors (Lipinski definition) is 0. The molecule has 2 aromatic carbocycles. The monoisotopic (exact) mass is 270 g/mol. The van der Waals surface area contributed by atoms with Gasteiger partial charge in [-0.05, 0) is 44.2 Å². The van der Waals surface area contributed by atoms with Crippen molar-refractivity contribution in [3.8, 4) is 6.07 Å². The van der Waals surface area contributed by atoms with Crippen molar-refractivity contribution in [3.63, 3.8) is 0 Å². The predicted molar refractivity (Wildman–Crippen MR) is 80.0 cm³/mol. The molecule has 3 heteroatoms. The molecule has 0 spiro atoms. The zero-order chi connectivity index (χ0) is 13.8. The molecule has 0 aliphatic carbocycles. The molecule has 0 aromatic heterocycles. The molecule has 0 atom stereocenters. The van der Waals surface area contributed by atoms with Crippen LogP contribution in [0.2, 0.25) is 5.02 Å². The third kappa shape index (κ3) is 2.89. The summed E-state index contributed by atoms with van der Waals surface area (Å²) in [5.41, 5.74) is 3.83. The fourth-order valence-corrected chi connectivity index (χ4v) is 2.29. The van der Waals surface area contributed by atoms with E-state index in [0.717, 1.165) is 17.9 Å². The Morgan fingerprint density at radius 3 is 2.37 bits per heavy atom. The van der Waals surface area contributed by atoms with Gasteiger partial charge in [-0.1, -0.05) is 29.3 Å². The minimum atomic E-state index is 0.578. The van der Waals surface area contributed by atoms with E-state index < -0.39 is 0 Å². The smallest absolute Gasteiger partial charge is 0.0992 e. The lowest BCUT2D eigenvalue weighted by molar-refractivity contribution is 1.02. The van der Waals surface area contributed by atoms with Crippen LogP contribution in [0.3, 0.4) is 0 Å². The van der Waals surface area contributed by atoms with Gasteiger partial charge in [0.1, 0.15) is 0 Å². The molecule has 0 aliphatic heterocycles. The van der Waals surface area contributed by atoms with Crippen molar-refractivity contribution in [2.75, 3.05) is 11.4 Å². The Hall–Kier alpha value is -1.98. The molecule has 0 N–H and O–H groups in total. The van der Waals surface area contributed by atoms with Gasteiger partial charge in [-0.3, -0.25) is 0 Å². The summed E-state index contributed by atoms with van der Waals surface area (Å²) in [6.07, 6.45) is 0. The fraction of sp³-hybridized carbons (Fsp3) is 0.188. The normalized spacial score (nSPS) is 10.0. The first-order chi connectivity index (χ1) is 9.15. The second-order valence-corrected chi connectivity index (χ2v) is 4.77. The third-order valence-corrected chi connectivity index (χ3v) is 3.33. The number of halogens is 1. The number of aryl methyl sites for hydroxylation is 1. The van der Waals surface area contributed by atoms with E-state index in [1.54, 1.807) is 12.1 Å². The fourth-order valence-electron chi connectivity index (χ4n) is 2.01. The standard InChI is InChI=1S/C16H15ClN2/c1-3-19(14-7-4-12(2)5-8-14)16-9-6-13(11-18)10-15(16)17/h4-10H,3H2,1-2H3. The quantitative estimate of drug-likeness (QED) is 0.810. The Labute approximate surface area is 118 Å².